The Morgan fingerprint density at radius 3 is 2.19 bits per heavy atom. The molecule has 3 heteroatoms. The van der Waals surface area contributed by atoms with Crippen molar-refractivity contribution in [3.8, 4) is 6.07 Å². The topological polar surface area (TPSA) is 44.1 Å². The summed E-state index contributed by atoms with van der Waals surface area (Å²) < 4.78 is 0. The van der Waals surface area contributed by atoms with Gasteiger partial charge in [-0.3, -0.25) is 4.79 Å². The molecule has 2 unspecified atom stereocenters. The zero-order valence-corrected chi connectivity index (χ0v) is 10.2. The fourth-order valence-corrected chi connectivity index (χ4v) is 2.95. The highest BCUT2D eigenvalue weighted by atomic mass is 16.2. The van der Waals surface area contributed by atoms with Gasteiger partial charge in [0.05, 0.1) is 6.07 Å². The highest BCUT2D eigenvalue weighted by molar-refractivity contribution is 5.86. The smallest absolute Gasteiger partial charge is 0.243 e. The molecule has 88 valence electrons. The van der Waals surface area contributed by atoms with E-state index in [1.54, 1.807) is 0 Å². The van der Waals surface area contributed by atoms with Crippen molar-refractivity contribution < 1.29 is 4.79 Å². The molecule has 1 aliphatic carbocycles. The molecule has 0 aromatic heterocycles. The summed E-state index contributed by atoms with van der Waals surface area (Å²) in [5, 5.41) is 9.28. The molecule has 0 aromatic carbocycles. The Bertz CT molecular complexity index is 315. The van der Waals surface area contributed by atoms with Gasteiger partial charge in [-0.2, -0.15) is 5.26 Å². The van der Waals surface area contributed by atoms with Crippen LogP contribution in [0.2, 0.25) is 0 Å². The predicted octanol–water partition coefficient (Wildman–Crippen LogP) is 2.18. The van der Waals surface area contributed by atoms with E-state index < -0.39 is 5.41 Å². The molecule has 0 bridgehead atoms. The number of hydrogen-bond donors (Lipinski definition) is 0. The summed E-state index contributed by atoms with van der Waals surface area (Å²) in [6, 6.07) is 2.29. The fraction of sp³-hybridized carbons (Fsp3) is 0.846. The number of likely N-dealkylation sites (tertiary alicyclic amines) is 1. The monoisotopic (exact) mass is 220 g/mol. The van der Waals surface area contributed by atoms with Gasteiger partial charge in [0.15, 0.2) is 0 Å². The summed E-state index contributed by atoms with van der Waals surface area (Å²) in [6.07, 6.45) is 3.58. The summed E-state index contributed by atoms with van der Waals surface area (Å²) in [5.41, 5.74) is -0.677. The van der Waals surface area contributed by atoms with Crippen LogP contribution in [0.4, 0.5) is 0 Å². The Morgan fingerprint density at radius 2 is 1.75 bits per heavy atom. The number of carbonyl (C=O) groups excluding carboxylic acids is 1. The first-order valence-electron chi connectivity index (χ1n) is 6.30. The molecule has 2 atom stereocenters. The third kappa shape index (κ3) is 1.71. The number of nitrogens with zero attached hydrogens (tertiary/aromatic N) is 2. The molecule has 16 heavy (non-hydrogen) atoms. The van der Waals surface area contributed by atoms with Gasteiger partial charge in [0.1, 0.15) is 5.41 Å². The van der Waals surface area contributed by atoms with E-state index in [1.165, 1.54) is 0 Å². The molecule has 1 saturated carbocycles. The zero-order chi connectivity index (χ0) is 11.8. The zero-order valence-electron chi connectivity index (χ0n) is 10.2. The Kier molecular flexibility index (Phi) is 2.92. The first-order valence-corrected chi connectivity index (χ1v) is 6.30. The first kappa shape index (κ1) is 11.4. The first-order chi connectivity index (χ1) is 7.59. The van der Waals surface area contributed by atoms with Crippen molar-refractivity contribution in [1.82, 2.24) is 4.90 Å². The molecule has 2 aliphatic rings. The maximum atomic E-state index is 12.4. The maximum Gasteiger partial charge on any atom is 0.243 e. The van der Waals surface area contributed by atoms with Gasteiger partial charge in [0.25, 0.3) is 0 Å². The second-order valence-corrected chi connectivity index (χ2v) is 5.57. The van der Waals surface area contributed by atoms with Crippen molar-refractivity contribution in [2.45, 2.75) is 39.5 Å². The molecule has 1 amide bonds. The van der Waals surface area contributed by atoms with Gasteiger partial charge in [-0.25, -0.2) is 0 Å². The van der Waals surface area contributed by atoms with Crippen LogP contribution in [0.5, 0.6) is 0 Å². The van der Waals surface area contributed by atoms with Crippen LogP contribution in [-0.2, 0) is 4.79 Å². The quantitative estimate of drug-likeness (QED) is 0.680. The standard InChI is InChI=1S/C13H20N2O/c1-10-7-15(8-11(10)2)12(16)13(9-14)5-3-4-6-13/h10-11H,3-8H2,1-2H3. The van der Waals surface area contributed by atoms with E-state index in [-0.39, 0.29) is 5.91 Å². The van der Waals surface area contributed by atoms with Crippen molar-refractivity contribution in [1.29, 1.82) is 5.26 Å². The lowest BCUT2D eigenvalue weighted by Crippen LogP contribution is -2.40. The second-order valence-electron chi connectivity index (χ2n) is 5.57. The lowest BCUT2D eigenvalue weighted by Gasteiger charge is -2.26. The molecule has 0 spiro atoms. The molecular formula is C13H20N2O. The maximum absolute atomic E-state index is 12.4. The van der Waals surface area contributed by atoms with E-state index in [0.29, 0.717) is 11.8 Å². The molecule has 2 fully saturated rings. The Balaban J connectivity index is 2.11. The number of rotatable bonds is 1. The Morgan fingerprint density at radius 1 is 1.25 bits per heavy atom. The van der Waals surface area contributed by atoms with Gasteiger partial charge in [0.2, 0.25) is 5.91 Å². The predicted molar refractivity (Wildman–Crippen MR) is 61.4 cm³/mol. The fourth-order valence-electron chi connectivity index (χ4n) is 2.95. The molecule has 2 rings (SSSR count). The van der Waals surface area contributed by atoms with Gasteiger partial charge < -0.3 is 4.90 Å². The number of amides is 1. The lowest BCUT2D eigenvalue weighted by molar-refractivity contribution is -0.137. The van der Waals surface area contributed by atoms with Crippen LogP contribution < -0.4 is 0 Å². The van der Waals surface area contributed by atoms with Crippen LogP contribution in [0.3, 0.4) is 0 Å². The number of hydrogen-bond acceptors (Lipinski definition) is 2. The van der Waals surface area contributed by atoms with Crippen molar-refractivity contribution in [2.75, 3.05) is 13.1 Å². The van der Waals surface area contributed by atoms with E-state index in [1.807, 2.05) is 4.90 Å². The van der Waals surface area contributed by atoms with E-state index >= 15 is 0 Å². The molecule has 1 saturated heterocycles. The average molecular weight is 220 g/mol. The van der Waals surface area contributed by atoms with Gasteiger partial charge in [0, 0.05) is 13.1 Å². The third-order valence-electron chi connectivity index (χ3n) is 4.36. The van der Waals surface area contributed by atoms with E-state index in [4.69, 9.17) is 0 Å². The van der Waals surface area contributed by atoms with Crippen LogP contribution in [0, 0.1) is 28.6 Å². The second kappa shape index (κ2) is 4.08. The summed E-state index contributed by atoms with van der Waals surface area (Å²) in [7, 11) is 0. The highest BCUT2D eigenvalue weighted by Gasteiger charge is 2.45. The van der Waals surface area contributed by atoms with Crippen molar-refractivity contribution >= 4 is 5.91 Å². The minimum Gasteiger partial charge on any atom is -0.341 e. The third-order valence-corrected chi connectivity index (χ3v) is 4.36. The molecular weight excluding hydrogens is 200 g/mol. The summed E-state index contributed by atoms with van der Waals surface area (Å²) in [5.74, 6) is 1.24. The van der Waals surface area contributed by atoms with Crippen molar-refractivity contribution in [2.24, 2.45) is 17.3 Å². The number of nitriles is 1. The number of carbonyl (C=O) groups is 1. The molecule has 1 aliphatic heterocycles. The average Bonchev–Trinajstić information content (AvgIpc) is 2.87. The van der Waals surface area contributed by atoms with Crippen molar-refractivity contribution in [3.63, 3.8) is 0 Å². The van der Waals surface area contributed by atoms with Gasteiger partial charge in [-0.15, -0.1) is 0 Å². The molecule has 3 nitrogen and oxygen atoms in total. The van der Waals surface area contributed by atoms with Gasteiger partial charge in [-0.1, -0.05) is 26.7 Å². The minimum atomic E-state index is -0.677. The van der Waals surface area contributed by atoms with Crippen LogP contribution in [0.1, 0.15) is 39.5 Å². The van der Waals surface area contributed by atoms with E-state index in [0.717, 1.165) is 38.8 Å². The highest BCUT2D eigenvalue weighted by Crippen LogP contribution is 2.40. The van der Waals surface area contributed by atoms with Crippen LogP contribution >= 0.6 is 0 Å². The largest absolute Gasteiger partial charge is 0.341 e. The molecule has 0 radical (unpaired) electrons. The van der Waals surface area contributed by atoms with Crippen LogP contribution in [0.15, 0.2) is 0 Å². The summed E-state index contributed by atoms with van der Waals surface area (Å²) in [6.45, 7) is 6.05. The van der Waals surface area contributed by atoms with E-state index in [2.05, 4.69) is 19.9 Å². The molecule has 0 aromatic rings. The lowest BCUT2D eigenvalue weighted by atomic mass is 9.86. The molecule has 1 heterocycles. The summed E-state index contributed by atoms with van der Waals surface area (Å²) in [4.78, 5) is 14.3. The Labute approximate surface area is 97.4 Å². The Hall–Kier alpha value is -1.04. The van der Waals surface area contributed by atoms with E-state index in [9.17, 15) is 10.1 Å². The SMILES string of the molecule is CC1CN(C(=O)C2(C#N)CCCC2)CC1C. The normalized spacial score (nSPS) is 32.7. The summed E-state index contributed by atoms with van der Waals surface area (Å²) >= 11 is 0. The van der Waals surface area contributed by atoms with Crippen LogP contribution in [-0.4, -0.2) is 23.9 Å². The van der Waals surface area contributed by atoms with Crippen molar-refractivity contribution in [3.05, 3.63) is 0 Å². The minimum absolute atomic E-state index is 0.101. The van der Waals surface area contributed by atoms with Crippen LogP contribution in [0.25, 0.3) is 0 Å². The van der Waals surface area contributed by atoms with Gasteiger partial charge >= 0.3 is 0 Å². The van der Waals surface area contributed by atoms with Gasteiger partial charge in [-0.05, 0) is 24.7 Å². The molecule has 0 N–H and O–H groups in total.